The Morgan fingerprint density at radius 2 is 1.69 bits per heavy atom. The molecule has 0 radical (unpaired) electrons. The Labute approximate surface area is 161 Å². The molecule has 0 saturated carbocycles. The van der Waals surface area contributed by atoms with Gasteiger partial charge in [-0.1, -0.05) is 54.8 Å². The monoisotopic (exact) mass is 418 g/mol. The maximum absolute atomic E-state index is 12.9. The number of rotatable bonds is 7. The SMILES string of the molecule is CCCC1(CCC)NC(=O)N(Cc2ccc(-c3ccc(Br)cc3)o2)C1=O. The summed E-state index contributed by atoms with van der Waals surface area (Å²) < 4.78 is 6.86. The molecule has 6 heteroatoms. The fraction of sp³-hybridized carbons (Fsp3) is 0.400. The van der Waals surface area contributed by atoms with Gasteiger partial charge in [0.1, 0.15) is 17.1 Å². The second kappa shape index (κ2) is 7.66. The molecule has 0 unspecified atom stereocenters. The highest BCUT2D eigenvalue weighted by Gasteiger charge is 2.49. The third kappa shape index (κ3) is 3.56. The van der Waals surface area contributed by atoms with Crippen molar-refractivity contribution in [3.63, 3.8) is 0 Å². The molecule has 138 valence electrons. The third-order valence-corrected chi connectivity index (χ3v) is 5.23. The Morgan fingerprint density at radius 3 is 2.31 bits per heavy atom. The van der Waals surface area contributed by atoms with E-state index in [1.165, 1.54) is 4.90 Å². The molecule has 1 N–H and O–H groups in total. The van der Waals surface area contributed by atoms with Crippen LogP contribution in [0.2, 0.25) is 0 Å². The number of carbonyl (C=O) groups is 2. The van der Waals surface area contributed by atoms with Crippen molar-refractivity contribution >= 4 is 27.9 Å². The van der Waals surface area contributed by atoms with Crippen molar-refractivity contribution < 1.29 is 14.0 Å². The van der Waals surface area contributed by atoms with Crippen LogP contribution in [-0.4, -0.2) is 22.4 Å². The fourth-order valence-corrected chi connectivity index (χ4v) is 3.79. The van der Waals surface area contributed by atoms with Crippen LogP contribution in [0.15, 0.2) is 45.3 Å². The summed E-state index contributed by atoms with van der Waals surface area (Å²) in [6.07, 6.45) is 3.00. The lowest BCUT2D eigenvalue weighted by Gasteiger charge is -2.25. The van der Waals surface area contributed by atoms with E-state index in [2.05, 4.69) is 21.2 Å². The van der Waals surface area contributed by atoms with Crippen LogP contribution in [0.25, 0.3) is 11.3 Å². The van der Waals surface area contributed by atoms with Crippen LogP contribution in [-0.2, 0) is 11.3 Å². The van der Waals surface area contributed by atoms with E-state index in [9.17, 15) is 9.59 Å². The van der Waals surface area contributed by atoms with Crippen molar-refractivity contribution in [2.24, 2.45) is 0 Å². The van der Waals surface area contributed by atoms with Gasteiger partial charge in [-0.2, -0.15) is 0 Å². The molecule has 26 heavy (non-hydrogen) atoms. The third-order valence-electron chi connectivity index (χ3n) is 4.70. The molecule has 1 aliphatic heterocycles. The summed E-state index contributed by atoms with van der Waals surface area (Å²) in [7, 11) is 0. The van der Waals surface area contributed by atoms with Crippen molar-refractivity contribution in [2.45, 2.75) is 51.6 Å². The van der Waals surface area contributed by atoms with E-state index in [-0.39, 0.29) is 18.5 Å². The molecule has 0 bridgehead atoms. The summed E-state index contributed by atoms with van der Waals surface area (Å²) in [5.41, 5.74) is 0.185. The van der Waals surface area contributed by atoms with E-state index >= 15 is 0 Å². The van der Waals surface area contributed by atoms with Gasteiger partial charge in [0.25, 0.3) is 5.91 Å². The Morgan fingerprint density at radius 1 is 1.04 bits per heavy atom. The Hall–Kier alpha value is -2.08. The van der Waals surface area contributed by atoms with Gasteiger partial charge in [0, 0.05) is 10.0 Å². The van der Waals surface area contributed by atoms with Gasteiger partial charge in [0.15, 0.2) is 0 Å². The lowest BCUT2D eigenvalue weighted by Crippen LogP contribution is -2.46. The maximum Gasteiger partial charge on any atom is 0.325 e. The van der Waals surface area contributed by atoms with Crippen molar-refractivity contribution in [2.75, 3.05) is 0 Å². The average molecular weight is 419 g/mol. The summed E-state index contributed by atoms with van der Waals surface area (Å²) in [4.78, 5) is 26.6. The first-order valence-electron chi connectivity index (χ1n) is 8.98. The molecule has 5 nitrogen and oxygen atoms in total. The first-order chi connectivity index (χ1) is 12.5. The normalized spacial score (nSPS) is 16.2. The van der Waals surface area contributed by atoms with Gasteiger partial charge in [-0.15, -0.1) is 0 Å². The lowest BCUT2D eigenvalue weighted by atomic mass is 9.88. The summed E-state index contributed by atoms with van der Waals surface area (Å²) in [5.74, 6) is 1.16. The molecule has 1 saturated heterocycles. The predicted octanol–water partition coefficient (Wildman–Crippen LogP) is 5.10. The number of urea groups is 1. The Kier molecular flexibility index (Phi) is 5.51. The molecular formula is C20H23BrN2O3. The van der Waals surface area contributed by atoms with Crippen LogP contribution < -0.4 is 5.32 Å². The zero-order chi connectivity index (χ0) is 18.7. The lowest BCUT2D eigenvalue weighted by molar-refractivity contribution is -0.132. The van der Waals surface area contributed by atoms with Gasteiger partial charge in [-0.3, -0.25) is 9.69 Å². The Bertz CT molecular complexity index is 792. The van der Waals surface area contributed by atoms with Crippen LogP contribution in [0.1, 0.15) is 45.3 Å². The first kappa shape index (κ1) is 18.7. The molecule has 1 aromatic carbocycles. The number of imide groups is 1. The smallest absolute Gasteiger partial charge is 0.325 e. The molecule has 3 rings (SSSR count). The van der Waals surface area contributed by atoms with E-state index < -0.39 is 5.54 Å². The average Bonchev–Trinajstić information content (AvgIpc) is 3.16. The minimum atomic E-state index is -0.762. The van der Waals surface area contributed by atoms with Gasteiger partial charge in [-0.05, 0) is 37.1 Å². The van der Waals surface area contributed by atoms with E-state index in [4.69, 9.17) is 4.42 Å². The molecule has 0 aliphatic carbocycles. The first-order valence-corrected chi connectivity index (χ1v) is 9.77. The van der Waals surface area contributed by atoms with Crippen molar-refractivity contribution in [3.05, 3.63) is 46.6 Å². The minimum absolute atomic E-state index is 0.146. The van der Waals surface area contributed by atoms with Crippen LogP contribution in [0, 0.1) is 0 Å². The highest BCUT2D eigenvalue weighted by molar-refractivity contribution is 9.10. The largest absolute Gasteiger partial charge is 0.459 e. The fourth-order valence-electron chi connectivity index (χ4n) is 3.53. The van der Waals surface area contributed by atoms with Gasteiger partial charge in [0.2, 0.25) is 0 Å². The second-order valence-corrected chi connectivity index (χ2v) is 7.59. The summed E-state index contributed by atoms with van der Waals surface area (Å²) in [6, 6.07) is 11.1. The Balaban J connectivity index is 1.77. The van der Waals surface area contributed by atoms with E-state index in [1.54, 1.807) is 0 Å². The molecule has 1 fully saturated rings. The van der Waals surface area contributed by atoms with E-state index in [1.807, 2.05) is 50.2 Å². The topological polar surface area (TPSA) is 62.6 Å². The minimum Gasteiger partial charge on any atom is -0.459 e. The number of benzene rings is 1. The van der Waals surface area contributed by atoms with Crippen LogP contribution in [0.5, 0.6) is 0 Å². The number of hydrogen-bond donors (Lipinski definition) is 1. The summed E-state index contributed by atoms with van der Waals surface area (Å²) in [5, 5.41) is 2.92. The highest BCUT2D eigenvalue weighted by atomic mass is 79.9. The van der Waals surface area contributed by atoms with Crippen LogP contribution >= 0.6 is 15.9 Å². The number of nitrogens with zero attached hydrogens (tertiary/aromatic N) is 1. The predicted molar refractivity (Wildman–Crippen MR) is 103 cm³/mol. The molecule has 1 aliphatic rings. The molecule has 1 aromatic heterocycles. The summed E-state index contributed by atoms with van der Waals surface area (Å²) in [6.45, 7) is 4.20. The highest BCUT2D eigenvalue weighted by Crippen LogP contribution is 2.30. The molecule has 0 spiro atoms. The quantitative estimate of drug-likeness (QED) is 0.636. The van der Waals surface area contributed by atoms with Crippen LogP contribution in [0.4, 0.5) is 4.79 Å². The number of carbonyl (C=O) groups excluding carboxylic acids is 2. The van der Waals surface area contributed by atoms with Crippen LogP contribution in [0.3, 0.4) is 0 Å². The standard InChI is InChI=1S/C20H23BrN2O3/c1-3-11-20(12-4-2)18(24)23(19(25)22-20)13-16-9-10-17(26-16)14-5-7-15(21)8-6-14/h5-10H,3-4,11-13H2,1-2H3,(H,22,25). The second-order valence-electron chi connectivity index (χ2n) is 6.68. The van der Waals surface area contributed by atoms with E-state index in [0.717, 1.165) is 22.9 Å². The summed E-state index contributed by atoms with van der Waals surface area (Å²) >= 11 is 3.41. The molecule has 2 heterocycles. The van der Waals surface area contributed by atoms with E-state index in [0.29, 0.717) is 24.4 Å². The zero-order valence-corrected chi connectivity index (χ0v) is 16.6. The zero-order valence-electron chi connectivity index (χ0n) is 15.0. The number of furan rings is 1. The molecule has 3 amide bonds. The number of amides is 3. The van der Waals surface area contributed by atoms with Crippen molar-refractivity contribution in [3.8, 4) is 11.3 Å². The number of nitrogens with one attached hydrogen (secondary N) is 1. The molecule has 2 aromatic rings. The maximum atomic E-state index is 12.9. The van der Waals surface area contributed by atoms with Crippen molar-refractivity contribution in [1.82, 2.24) is 10.2 Å². The molecular weight excluding hydrogens is 396 g/mol. The van der Waals surface area contributed by atoms with Crippen molar-refractivity contribution in [1.29, 1.82) is 0 Å². The van der Waals surface area contributed by atoms with Gasteiger partial charge in [-0.25, -0.2) is 4.79 Å². The number of halogens is 1. The van der Waals surface area contributed by atoms with Gasteiger partial charge < -0.3 is 9.73 Å². The number of hydrogen-bond acceptors (Lipinski definition) is 3. The van der Waals surface area contributed by atoms with Gasteiger partial charge >= 0.3 is 6.03 Å². The van der Waals surface area contributed by atoms with Gasteiger partial charge in [0.05, 0.1) is 6.54 Å². The molecule has 0 atom stereocenters.